The van der Waals surface area contributed by atoms with E-state index >= 15 is 0 Å². The summed E-state index contributed by atoms with van der Waals surface area (Å²) in [5, 5.41) is 5.08. The highest BCUT2D eigenvalue weighted by molar-refractivity contribution is 7.89. The van der Waals surface area contributed by atoms with Crippen LogP contribution in [0.3, 0.4) is 0 Å². The van der Waals surface area contributed by atoms with E-state index in [-0.39, 0.29) is 35.8 Å². The number of sulfonamides is 1. The molecule has 0 bridgehead atoms. The number of primary sulfonamides is 1. The van der Waals surface area contributed by atoms with Crippen molar-refractivity contribution in [2.75, 3.05) is 13.7 Å². The van der Waals surface area contributed by atoms with Crippen LogP contribution in [0.2, 0.25) is 0 Å². The van der Waals surface area contributed by atoms with Gasteiger partial charge in [-0.2, -0.15) is 0 Å². The first-order chi connectivity index (χ1) is 11.5. The number of hydrogen-bond donors (Lipinski definition) is 1. The second-order valence-corrected chi connectivity index (χ2v) is 8.05. The minimum Gasteiger partial charge on any atom is -0.469 e. The van der Waals surface area contributed by atoms with Gasteiger partial charge in [-0.3, -0.25) is 9.59 Å². The largest absolute Gasteiger partial charge is 0.469 e. The smallest absolute Gasteiger partial charge is 0.310 e. The van der Waals surface area contributed by atoms with Gasteiger partial charge >= 0.3 is 5.97 Å². The Morgan fingerprint density at radius 2 is 1.72 bits per heavy atom. The lowest BCUT2D eigenvalue weighted by molar-refractivity contribution is -0.146. The summed E-state index contributed by atoms with van der Waals surface area (Å²) in [6, 6.07) is 6.02. The molecule has 7 nitrogen and oxygen atoms in total. The van der Waals surface area contributed by atoms with Crippen molar-refractivity contribution in [1.82, 2.24) is 4.90 Å². The summed E-state index contributed by atoms with van der Waals surface area (Å²) < 4.78 is 27.3. The molecule has 1 amide bonds. The summed E-state index contributed by atoms with van der Waals surface area (Å²) in [5.74, 6) is -0.716. The molecule has 2 N–H and O–H groups in total. The Labute approximate surface area is 149 Å². The van der Waals surface area contributed by atoms with E-state index in [4.69, 9.17) is 9.88 Å². The Morgan fingerprint density at radius 3 is 2.16 bits per heavy atom. The molecular formula is C17H26N2O5S. The second kappa shape index (κ2) is 8.96. The Morgan fingerprint density at radius 1 is 1.16 bits per heavy atom. The number of hydrogen-bond acceptors (Lipinski definition) is 5. The maximum absolute atomic E-state index is 12.5. The molecule has 0 saturated carbocycles. The Kier molecular flexibility index (Phi) is 7.57. The Hall–Kier alpha value is -1.93. The number of nitrogens with two attached hydrogens (primary N) is 1. The molecule has 1 aromatic rings. The van der Waals surface area contributed by atoms with Crippen molar-refractivity contribution in [3.05, 3.63) is 29.8 Å². The molecule has 0 aliphatic heterocycles. The summed E-state index contributed by atoms with van der Waals surface area (Å²) in [6.45, 7) is 6.10. The van der Waals surface area contributed by atoms with Gasteiger partial charge in [0.15, 0.2) is 0 Å². The number of methoxy groups -OCH3 is 1. The maximum Gasteiger partial charge on any atom is 0.310 e. The highest BCUT2D eigenvalue weighted by atomic mass is 32.2. The summed E-state index contributed by atoms with van der Waals surface area (Å²) in [7, 11) is -2.45. The van der Waals surface area contributed by atoms with Crippen LogP contribution in [0.1, 0.15) is 32.8 Å². The number of nitrogens with zero attached hydrogens (tertiary/aromatic N) is 1. The minimum atomic E-state index is -3.76. The molecule has 8 heteroatoms. The van der Waals surface area contributed by atoms with Crippen LogP contribution in [-0.4, -0.2) is 38.8 Å². The lowest BCUT2D eigenvalue weighted by atomic mass is 10.1. The molecule has 1 rings (SSSR count). The van der Waals surface area contributed by atoms with Gasteiger partial charge in [0.05, 0.1) is 17.9 Å². The van der Waals surface area contributed by atoms with E-state index < -0.39 is 15.9 Å². The highest BCUT2D eigenvalue weighted by Crippen LogP contribution is 2.15. The number of ether oxygens (including phenoxy) is 1. The summed E-state index contributed by atoms with van der Waals surface area (Å²) >= 11 is 0. The Bertz CT molecular complexity index is 698. The highest BCUT2D eigenvalue weighted by Gasteiger charge is 2.22. The van der Waals surface area contributed by atoms with Crippen molar-refractivity contribution < 1.29 is 22.7 Å². The first-order valence-corrected chi connectivity index (χ1v) is 9.56. The monoisotopic (exact) mass is 370 g/mol. The van der Waals surface area contributed by atoms with E-state index in [1.165, 1.54) is 19.2 Å². The second-order valence-electron chi connectivity index (χ2n) is 6.49. The van der Waals surface area contributed by atoms with Gasteiger partial charge in [-0.1, -0.05) is 32.9 Å². The fourth-order valence-electron chi connectivity index (χ4n) is 2.34. The van der Waals surface area contributed by atoms with Crippen LogP contribution in [0.4, 0.5) is 0 Å². The van der Waals surface area contributed by atoms with E-state index in [0.29, 0.717) is 6.42 Å². The van der Waals surface area contributed by atoms with Crippen LogP contribution in [0.25, 0.3) is 0 Å². The summed E-state index contributed by atoms with van der Waals surface area (Å²) in [6.07, 6.45) is 0.364. The third kappa shape index (κ3) is 6.83. The first-order valence-electron chi connectivity index (χ1n) is 8.02. The molecule has 140 valence electrons. The fourth-order valence-corrected chi connectivity index (χ4v) is 2.86. The Balaban J connectivity index is 2.95. The number of carbonyl (C=O) groups is 2. The molecule has 0 aromatic heterocycles. The molecule has 0 heterocycles. The number of rotatable bonds is 8. The van der Waals surface area contributed by atoms with Gasteiger partial charge in [0.2, 0.25) is 15.9 Å². The van der Waals surface area contributed by atoms with E-state index in [0.717, 1.165) is 5.56 Å². The fraction of sp³-hybridized carbons (Fsp3) is 0.529. The maximum atomic E-state index is 12.5. The van der Waals surface area contributed by atoms with Crippen LogP contribution in [0, 0.1) is 11.8 Å². The number of esters is 1. The lowest BCUT2D eigenvalue weighted by Crippen LogP contribution is -2.37. The third-order valence-electron chi connectivity index (χ3n) is 3.66. The molecule has 1 aromatic carbocycles. The number of carbonyl (C=O) groups excluding carboxylic acids is 2. The SMILES string of the molecule is COC(=O)C(C)CN(Cc1ccc(S(N)(=O)=O)cc1)C(=O)CC(C)C. The molecule has 0 fully saturated rings. The van der Waals surface area contributed by atoms with Crippen molar-refractivity contribution in [2.24, 2.45) is 17.0 Å². The summed E-state index contributed by atoms with van der Waals surface area (Å²) in [4.78, 5) is 25.8. The predicted octanol–water partition coefficient (Wildman–Crippen LogP) is 1.52. The van der Waals surface area contributed by atoms with Crippen LogP contribution in [0.5, 0.6) is 0 Å². The van der Waals surface area contributed by atoms with Gasteiger partial charge in [-0.15, -0.1) is 0 Å². The molecule has 0 aliphatic rings. The minimum absolute atomic E-state index is 0.0132. The third-order valence-corrected chi connectivity index (χ3v) is 4.59. The number of benzene rings is 1. The van der Waals surface area contributed by atoms with Crippen LogP contribution < -0.4 is 5.14 Å². The van der Waals surface area contributed by atoms with E-state index in [1.807, 2.05) is 13.8 Å². The van der Waals surface area contributed by atoms with Crippen molar-refractivity contribution in [1.29, 1.82) is 0 Å². The van der Waals surface area contributed by atoms with Gasteiger partial charge in [0, 0.05) is 19.5 Å². The van der Waals surface area contributed by atoms with E-state index in [2.05, 4.69) is 0 Å². The van der Waals surface area contributed by atoms with Crippen LogP contribution in [0.15, 0.2) is 29.2 Å². The molecule has 1 atom stereocenters. The zero-order chi connectivity index (χ0) is 19.2. The average molecular weight is 370 g/mol. The van der Waals surface area contributed by atoms with Crippen molar-refractivity contribution in [2.45, 2.75) is 38.6 Å². The van der Waals surface area contributed by atoms with Gasteiger partial charge in [-0.25, -0.2) is 13.6 Å². The molecule has 1 unspecified atom stereocenters. The van der Waals surface area contributed by atoms with Gasteiger partial charge in [0.25, 0.3) is 0 Å². The molecule has 25 heavy (non-hydrogen) atoms. The zero-order valence-corrected chi connectivity index (χ0v) is 15.9. The normalized spacial score (nSPS) is 12.7. The molecule has 0 radical (unpaired) electrons. The van der Waals surface area contributed by atoms with Crippen molar-refractivity contribution >= 4 is 21.9 Å². The molecule has 0 saturated heterocycles. The average Bonchev–Trinajstić information content (AvgIpc) is 2.52. The lowest BCUT2D eigenvalue weighted by Gasteiger charge is -2.26. The van der Waals surface area contributed by atoms with Crippen LogP contribution >= 0.6 is 0 Å². The van der Waals surface area contributed by atoms with Crippen molar-refractivity contribution in [3.63, 3.8) is 0 Å². The van der Waals surface area contributed by atoms with Crippen molar-refractivity contribution in [3.8, 4) is 0 Å². The predicted molar refractivity (Wildman–Crippen MR) is 93.9 cm³/mol. The molecule has 0 spiro atoms. The van der Waals surface area contributed by atoms with E-state index in [9.17, 15) is 18.0 Å². The van der Waals surface area contributed by atoms with Gasteiger partial charge < -0.3 is 9.64 Å². The molecule has 0 aliphatic carbocycles. The molecular weight excluding hydrogens is 344 g/mol. The quantitative estimate of drug-likeness (QED) is 0.698. The topological polar surface area (TPSA) is 107 Å². The summed E-state index contributed by atoms with van der Waals surface area (Å²) in [5.41, 5.74) is 0.751. The first kappa shape index (κ1) is 21.1. The van der Waals surface area contributed by atoms with Gasteiger partial charge in [0.1, 0.15) is 0 Å². The standard InChI is InChI=1S/C17H26N2O5S/c1-12(2)9-16(20)19(10-13(3)17(21)24-4)11-14-5-7-15(8-6-14)25(18,22)23/h5-8,12-13H,9-11H2,1-4H3,(H2,18,22,23). The zero-order valence-electron chi connectivity index (χ0n) is 15.1. The van der Waals surface area contributed by atoms with Gasteiger partial charge in [-0.05, 0) is 23.6 Å². The number of amides is 1. The van der Waals surface area contributed by atoms with E-state index in [1.54, 1.807) is 24.0 Å². The van der Waals surface area contributed by atoms with Crippen LogP contribution in [-0.2, 0) is 30.9 Å².